The molecule has 0 fully saturated rings. The number of rotatable bonds is 5. The van der Waals surface area contributed by atoms with E-state index in [0.29, 0.717) is 0 Å². The summed E-state index contributed by atoms with van der Waals surface area (Å²) in [5.74, 6) is -0.913. The lowest BCUT2D eigenvalue weighted by atomic mass is 10.0. The minimum absolute atomic E-state index is 0.457. The molecule has 2 aromatic carbocycles. The van der Waals surface area contributed by atoms with Gasteiger partial charge in [-0.1, -0.05) is 92.5 Å². The van der Waals surface area contributed by atoms with E-state index >= 15 is 0 Å². The zero-order valence-corrected chi connectivity index (χ0v) is 13.7. The average Bonchev–Trinajstić information content (AvgIpc) is 2.53. The van der Waals surface area contributed by atoms with E-state index in [-0.39, 0.29) is 0 Å². The van der Waals surface area contributed by atoms with Gasteiger partial charge in [0.15, 0.2) is 0 Å². The van der Waals surface area contributed by atoms with Crippen molar-refractivity contribution in [2.75, 3.05) is 0 Å². The Hall–Kier alpha value is -1.26. The molecule has 0 saturated carbocycles. The van der Waals surface area contributed by atoms with E-state index in [1.807, 2.05) is 60.7 Å². The van der Waals surface area contributed by atoms with Gasteiger partial charge in [0.2, 0.25) is 11.6 Å². The van der Waals surface area contributed by atoms with Crippen LogP contribution >= 0.6 is 31.9 Å². The third kappa shape index (κ3) is 3.44. The first-order valence-corrected chi connectivity index (χ1v) is 7.90. The van der Waals surface area contributed by atoms with Crippen LogP contribution in [-0.2, 0) is 9.59 Å². The fraction of sp³-hybridized carbons (Fsp3) is 0.125. The molecule has 0 amide bonds. The fourth-order valence-electron chi connectivity index (χ4n) is 1.80. The molecule has 0 N–H and O–H groups in total. The molecule has 0 aliphatic rings. The Morgan fingerprint density at radius 1 is 0.650 bits per heavy atom. The molecule has 0 aliphatic carbocycles. The highest BCUT2D eigenvalue weighted by molar-refractivity contribution is 9.10. The molecule has 0 aromatic heterocycles. The van der Waals surface area contributed by atoms with Gasteiger partial charge in [-0.15, -0.1) is 0 Å². The third-order valence-corrected chi connectivity index (χ3v) is 4.78. The van der Waals surface area contributed by atoms with Gasteiger partial charge in [0.05, 0.1) is 0 Å². The molecule has 0 saturated heterocycles. The molecule has 0 unspecified atom stereocenters. The van der Waals surface area contributed by atoms with Crippen LogP contribution in [0.3, 0.4) is 0 Å². The van der Waals surface area contributed by atoms with Crippen molar-refractivity contribution in [3.05, 3.63) is 71.8 Å². The SMILES string of the molecule is O=C(C(=O)[C@H](Br)c1ccccc1)[C@@H](Br)c1ccccc1. The van der Waals surface area contributed by atoms with Crippen molar-refractivity contribution >= 4 is 43.4 Å². The van der Waals surface area contributed by atoms with Gasteiger partial charge >= 0.3 is 0 Å². The van der Waals surface area contributed by atoms with Gasteiger partial charge in [-0.3, -0.25) is 9.59 Å². The minimum atomic E-state index is -0.611. The number of halogens is 2. The quantitative estimate of drug-likeness (QED) is 0.555. The molecule has 0 spiro atoms. The normalized spacial score (nSPS) is 13.5. The number of benzene rings is 2. The second-order valence-electron chi connectivity index (χ2n) is 4.27. The molecule has 2 rings (SSSR count). The largest absolute Gasteiger partial charge is 0.289 e. The Morgan fingerprint density at radius 3 is 1.25 bits per heavy atom. The zero-order chi connectivity index (χ0) is 14.5. The van der Waals surface area contributed by atoms with Gasteiger partial charge in [-0.25, -0.2) is 0 Å². The summed E-state index contributed by atoms with van der Waals surface area (Å²) in [5.41, 5.74) is 1.55. The molecule has 20 heavy (non-hydrogen) atoms. The molecule has 4 heteroatoms. The summed E-state index contributed by atoms with van der Waals surface area (Å²) in [6.45, 7) is 0. The van der Waals surface area contributed by atoms with E-state index in [9.17, 15) is 9.59 Å². The van der Waals surface area contributed by atoms with Crippen LogP contribution in [0.2, 0.25) is 0 Å². The number of carbonyl (C=O) groups excluding carboxylic acids is 2. The van der Waals surface area contributed by atoms with E-state index < -0.39 is 21.2 Å². The topological polar surface area (TPSA) is 34.1 Å². The van der Waals surface area contributed by atoms with Crippen LogP contribution in [0.25, 0.3) is 0 Å². The van der Waals surface area contributed by atoms with Crippen LogP contribution in [0.4, 0.5) is 0 Å². The summed E-state index contributed by atoms with van der Waals surface area (Å²) in [6.07, 6.45) is 0. The molecule has 2 aromatic rings. The maximum Gasteiger partial charge on any atom is 0.217 e. The summed E-state index contributed by atoms with van der Waals surface area (Å²) in [5, 5.41) is 0. The maximum atomic E-state index is 12.2. The molecule has 2 atom stereocenters. The van der Waals surface area contributed by atoms with E-state index in [2.05, 4.69) is 31.9 Å². The molecular weight excluding hydrogens is 384 g/mol. The molecule has 0 heterocycles. The molecular formula is C16H12Br2O2. The predicted molar refractivity (Wildman–Crippen MR) is 86.2 cm³/mol. The Labute approximate surface area is 134 Å². The van der Waals surface area contributed by atoms with E-state index in [1.165, 1.54) is 0 Å². The lowest BCUT2D eigenvalue weighted by Gasteiger charge is -2.12. The standard InChI is InChI=1S/C16H12Br2O2/c17-13(11-7-3-1-4-8-11)15(19)16(20)14(18)12-9-5-2-6-10-12/h1-10,13-14H/t13-,14+. The molecule has 0 radical (unpaired) electrons. The van der Waals surface area contributed by atoms with Gasteiger partial charge in [0.25, 0.3) is 0 Å². The van der Waals surface area contributed by atoms with Crippen molar-refractivity contribution in [3.8, 4) is 0 Å². The van der Waals surface area contributed by atoms with Crippen molar-refractivity contribution in [1.29, 1.82) is 0 Å². The Balaban J connectivity index is 2.15. The molecule has 0 bridgehead atoms. The maximum absolute atomic E-state index is 12.2. The van der Waals surface area contributed by atoms with E-state index in [0.717, 1.165) is 11.1 Å². The summed E-state index contributed by atoms with van der Waals surface area (Å²) >= 11 is 6.60. The Kier molecular flexibility index (Phi) is 5.26. The number of ketones is 2. The summed E-state index contributed by atoms with van der Waals surface area (Å²) in [4.78, 5) is 23.2. The second-order valence-corrected chi connectivity index (χ2v) is 6.11. The number of Topliss-reactive ketones (excluding diaryl/α,β-unsaturated/α-hetero) is 2. The van der Waals surface area contributed by atoms with Crippen LogP contribution in [0.15, 0.2) is 60.7 Å². The van der Waals surface area contributed by atoms with Crippen molar-refractivity contribution < 1.29 is 9.59 Å². The second kappa shape index (κ2) is 6.95. The highest BCUT2D eigenvalue weighted by atomic mass is 79.9. The van der Waals surface area contributed by atoms with Gasteiger partial charge in [0, 0.05) is 0 Å². The van der Waals surface area contributed by atoms with Crippen molar-refractivity contribution in [1.82, 2.24) is 0 Å². The van der Waals surface area contributed by atoms with Gasteiger partial charge in [0.1, 0.15) is 9.65 Å². The number of hydrogen-bond acceptors (Lipinski definition) is 2. The van der Waals surface area contributed by atoms with Crippen molar-refractivity contribution in [2.24, 2.45) is 0 Å². The first-order valence-electron chi connectivity index (χ1n) is 6.07. The first kappa shape index (κ1) is 15.1. The van der Waals surface area contributed by atoms with E-state index in [4.69, 9.17) is 0 Å². The van der Waals surface area contributed by atoms with E-state index in [1.54, 1.807) is 0 Å². The van der Waals surface area contributed by atoms with Gasteiger partial charge in [-0.2, -0.15) is 0 Å². The summed E-state index contributed by atoms with van der Waals surface area (Å²) < 4.78 is 0. The van der Waals surface area contributed by atoms with Crippen LogP contribution in [0.1, 0.15) is 20.8 Å². The van der Waals surface area contributed by atoms with Crippen LogP contribution < -0.4 is 0 Å². The van der Waals surface area contributed by atoms with Crippen molar-refractivity contribution in [2.45, 2.75) is 9.65 Å². The minimum Gasteiger partial charge on any atom is -0.289 e. The molecule has 102 valence electrons. The monoisotopic (exact) mass is 394 g/mol. The average molecular weight is 396 g/mol. The smallest absolute Gasteiger partial charge is 0.217 e. The van der Waals surface area contributed by atoms with Crippen LogP contribution in [0.5, 0.6) is 0 Å². The number of carbonyl (C=O) groups is 2. The summed E-state index contributed by atoms with van der Waals surface area (Å²) in [6, 6.07) is 18.3. The summed E-state index contributed by atoms with van der Waals surface area (Å²) in [7, 11) is 0. The third-order valence-electron chi connectivity index (χ3n) is 2.89. The lowest BCUT2D eigenvalue weighted by molar-refractivity contribution is -0.135. The van der Waals surface area contributed by atoms with Gasteiger partial charge in [-0.05, 0) is 11.1 Å². The van der Waals surface area contributed by atoms with Gasteiger partial charge < -0.3 is 0 Å². The van der Waals surface area contributed by atoms with Crippen LogP contribution in [-0.4, -0.2) is 11.6 Å². The number of alkyl halides is 2. The highest BCUT2D eigenvalue weighted by Crippen LogP contribution is 2.30. The Bertz CT molecular complexity index is 541. The Morgan fingerprint density at radius 2 is 0.950 bits per heavy atom. The molecule has 2 nitrogen and oxygen atoms in total. The lowest BCUT2D eigenvalue weighted by Crippen LogP contribution is -2.22. The first-order chi connectivity index (χ1) is 9.61. The predicted octanol–water partition coefficient (Wildman–Crippen LogP) is 4.40. The molecule has 0 aliphatic heterocycles. The number of hydrogen-bond donors (Lipinski definition) is 0. The fourth-order valence-corrected chi connectivity index (χ4v) is 2.86. The zero-order valence-electron chi connectivity index (χ0n) is 10.5. The van der Waals surface area contributed by atoms with Crippen molar-refractivity contribution in [3.63, 3.8) is 0 Å². The van der Waals surface area contributed by atoms with Crippen LogP contribution in [0, 0.1) is 0 Å². The highest BCUT2D eigenvalue weighted by Gasteiger charge is 2.29.